The maximum atomic E-state index is 13.1. The van der Waals surface area contributed by atoms with Crippen LogP contribution in [0.1, 0.15) is 61.0 Å². The quantitative estimate of drug-likeness (QED) is 0.0779. The lowest BCUT2D eigenvalue weighted by atomic mass is 9.67. The molecule has 1 atom stereocenters. The summed E-state index contributed by atoms with van der Waals surface area (Å²) in [4.78, 5) is 88.3. The number of carbonyl (C=O) groups is 5. The van der Waals surface area contributed by atoms with Crippen LogP contribution in [0.2, 0.25) is 0 Å². The number of hydrogen-bond donors (Lipinski definition) is 8. The Morgan fingerprint density at radius 2 is 1.74 bits per heavy atom. The van der Waals surface area contributed by atoms with Gasteiger partial charge < -0.3 is 31.3 Å². The summed E-state index contributed by atoms with van der Waals surface area (Å²) in [6.07, 6.45) is 3.25. The summed E-state index contributed by atoms with van der Waals surface area (Å²) in [7, 11) is 0. The summed E-state index contributed by atoms with van der Waals surface area (Å²) >= 11 is 0. The molecule has 0 bridgehead atoms. The van der Waals surface area contributed by atoms with E-state index >= 15 is 0 Å². The normalized spacial score (nSPS) is 14.0. The molecule has 244 valence electrons. The highest BCUT2D eigenvalue weighted by Crippen LogP contribution is 2.42. The zero-order chi connectivity index (χ0) is 33.3. The summed E-state index contributed by atoms with van der Waals surface area (Å²) in [5, 5.41) is 37.6. The van der Waals surface area contributed by atoms with Crippen LogP contribution in [0.4, 0.5) is 11.6 Å². The first-order valence-corrected chi connectivity index (χ1v) is 14.6. The van der Waals surface area contributed by atoms with Crippen LogP contribution in [-0.4, -0.2) is 84.1 Å². The van der Waals surface area contributed by atoms with E-state index in [0.717, 1.165) is 0 Å². The summed E-state index contributed by atoms with van der Waals surface area (Å²) < 4.78 is 0. The molecule has 1 aliphatic rings. The zero-order valence-corrected chi connectivity index (χ0v) is 24.7. The van der Waals surface area contributed by atoms with E-state index < -0.39 is 53.1 Å². The van der Waals surface area contributed by atoms with Crippen LogP contribution in [0.5, 0.6) is 0 Å². The van der Waals surface area contributed by atoms with E-state index in [1.807, 2.05) is 0 Å². The SMILES string of the molecule is O=C(O)CC[C@@H](NC(=O)c1ccc(NCc2cnc3nc(NC(=O)C4(C(=O)NCCCCO)CCC4)[nH]c(=O)c3n2)cc1)C(=O)O. The fraction of sp³-hybridized carbons (Fsp3) is 0.414. The number of benzene rings is 1. The Bertz CT molecular complexity index is 1670. The molecule has 0 radical (unpaired) electrons. The molecule has 0 spiro atoms. The van der Waals surface area contributed by atoms with Gasteiger partial charge in [0.25, 0.3) is 11.5 Å². The predicted octanol–water partition coefficient (Wildman–Crippen LogP) is 0.371. The molecule has 17 heteroatoms. The first-order chi connectivity index (χ1) is 22.0. The van der Waals surface area contributed by atoms with Crippen LogP contribution in [0.25, 0.3) is 11.2 Å². The number of carboxylic acid groups (broad SMARTS) is 2. The van der Waals surface area contributed by atoms with Crippen molar-refractivity contribution in [3.63, 3.8) is 0 Å². The molecule has 0 aliphatic heterocycles. The highest BCUT2D eigenvalue weighted by atomic mass is 16.4. The smallest absolute Gasteiger partial charge is 0.326 e. The Balaban J connectivity index is 1.36. The first kappa shape index (κ1) is 33.4. The van der Waals surface area contributed by atoms with Crippen molar-refractivity contribution in [3.05, 3.63) is 52.1 Å². The van der Waals surface area contributed by atoms with Crippen LogP contribution in [0, 0.1) is 5.41 Å². The van der Waals surface area contributed by atoms with Gasteiger partial charge in [-0.1, -0.05) is 6.42 Å². The number of carboxylic acids is 2. The van der Waals surface area contributed by atoms with E-state index in [0.29, 0.717) is 50.0 Å². The zero-order valence-electron chi connectivity index (χ0n) is 24.7. The topological polar surface area (TPSA) is 266 Å². The summed E-state index contributed by atoms with van der Waals surface area (Å²) in [5.41, 5.74) is -0.876. The number of H-pyrrole nitrogens is 1. The fourth-order valence-electron chi connectivity index (χ4n) is 4.72. The monoisotopic (exact) mass is 638 g/mol. The van der Waals surface area contributed by atoms with Crippen molar-refractivity contribution >= 4 is 52.5 Å². The maximum Gasteiger partial charge on any atom is 0.326 e. The number of fused-ring (bicyclic) bond motifs is 1. The van der Waals surface area contributed by atoms with Crippen LogP contribution in [-0.2, 0) is 25.7 Å². The minimum absolute atomic E-state index is 0.0124. The van der Waals surface area contributed by atoms with Gasteiger partial charge >= 0.3 is 11.9 Å². The molecule has 1 fully saturated rings. The summed E-state index contributed by atoms with van der Waals surface area (Å²) in [5.74, 6) is -4.35. The van der Waals surface area contributed by atoms with Crippen molar-refractivity contribution in [3.8, 4) is 0 Å². The molecule has 4 rings (SSSR count). The number of hydrogen-bond acceptors (Lipinski definition) is 11. The van der Waals surface area contributed by atoms with Crippen molar-refractivity contribution < 1.29 is 39.3 Å². The van der Waals surface area contributed by atoms with E-state index in [-0.39, 0.29) is 42.2 Å². The molecule has 8 N–H and O–H groups in total. The lowest BCUT2D eigenvalue weighted by Gasteiger charge is -2.38. The molecular weight excluding hydrogens is 604 g/mol. The van der Waals surface area contributed by atoms with Gasteiger partial charge in [0.2, 0.25) is 17.8 Å². The first-order valence-electron chi connectivity index (χ1n) is 14.6. The minimum Gasteiger partial charge on any atom is -0.481 e. The van der Waals surface area contributed by atoms with E-state index in [4.69, 9.17) is 10.2 Å². The van der Waals surface area contributed by atoms with Crippen molar-refractivity contribution in [1.29, 1.82) is 0 Å². The number of nitrogens with zero attached hydrogens (tertiary/aromatic N) is 3. The highest BCUT2D eigenvalue weighted by molar-refractivity contribution is 6.11. The van der Waals surface area contributed by atoms with Crippen molar-refractivity contribution in [2.45, 2.75) is 57.5 Å². The van der Waals surface area contributed by atoms with E-state index in [2.05, 4.69) is 41.2 Å². The van der Waals surface area contributed by atoms with Gasteiger partial charge in [-0.25, -0.2) is 14.8 Å². The second-order valence-corrected chi connectivity index (χ2v) is 10.8. The van der Waals surface area contributed by atoms with Crippen LogP contribution in [0.15, 0.2) is 35.3 Å². The molecule has 3 amide bonds. The predicted molar refractivity (Wildman–Crippen MR) is 162 cm³/mol. The number of aliphatic hydroxyl groups is 1. The number of amides is 3. The van der Waals surface area contributed by atoms with Crippen LogP contribution < -0.4 is 26.8 Å². The number of carbonyl (C=O) groups excluding carboxylic acids is 3. The Morgan fingerprint density at radius 3 is 2.37 bits per heavy atom. The molecule has 1 saturated carbocycles. The average Bonchev–Trinajstić information content (AvgIpc) is 2.99. The van der Waals surface area contributed by atoms with Crippen LogP contribution in [0.3, 0.4) is 0 Å². The standard InChI is InChI=1S/C29H34N8O9/c38-13-2-1-12-30-26(45)29(10-3-11-29)27(46)37-28-35-22-21(24(42)36-28)33-18(15-32-22)14-31-17-6-4-16(5-7-17)23(41)34-19(25(43)44)8-9-20(39)40/h4-7,15,19,31,38H,1-3,8-14H2,(H,30,45)(H,34,41)(H,39,40)(H,43,44)(H2,32,35,36,37,42,46)/t19-/m1/s1. The number of unbranched alkanes of at least 4 members (excludes halogenated alkanes) is 1. The summed E-state index contributed by atoms with van der Waals surface area (Å²) in [6, 6.07) is 4.71. The molecule has 3 aromatic rings. The lowest BCUT2D eigenvalue weighted by molar-refractivity contribution is -0.146. The number of nitrogens with one attached hydrogen (secondary N) is 5. The molecule has 1 aliphatic carbocycles. The van der Waals surface area contributed by atoms with E-state index in [9.17, 15) is 33.9 Å². The third-order valence-electron chi connectivity index (χ3n) is 7.52. The Morgan fingerprint density at radius 1 is 1.00 bits per heavy atom. The third kappa shape index (κ3) is 8.17. The Kier molecular flexibility index (Phi) is 10.9. The molecule has 46 heavy (non-hydrogen) atoms. The average molecular weight is 639 g/mol. The van der Waals surface area contributed by atoms with Gasteiger partial charge in [-0.3, -0.25) is 34.3 Å². The maximum absolute atomic E-state index is 13.1. The molecule has 1 aromatic carbocycles. The molecule has 2 aromatic heterocycles. The van der Waals surface area contributed by atoms with Crippen LogP contribution >= 0.6 is 0 Å². The van der Waals surface area contributed by atoms with Crippen molar-refractivity contribution in [1.82, 2.24) is 30.6 Å². The largest absolute Gasteiger partial charge is 0.481 e. The van der Waals surface area contributed by atoms with Gasteiger partial charge in [0.15, 0.2) is 11.2 Å². The number of aliphatic hydroxyl groups excluding tert-OH is 1. The second-order valence-electron chi connectivity index (χ2n) is 10.8. The number of anilines is 2. The molecular formula is C29H34N8O9. The van der Waals surface area contributed by atoms with Gasteiger partial charge in [0.1, 0.15) is 11.5 Å². The molecule has 17 nitrogen and oxygen atoms in total. The molecule has 2 heterocycles. The lowest BCUT2D eigenvalue weighted by Crippen LogP contribution is -2.53. The Hall–Kier alpha value is -5.45. The Labute approximate surface area is 261 Å². The molecule has 0 unspecified atom stereocenters. The van der Waals surface area contributed by atoms with Gasteiger partial charge in [0, 0.05) is 30.8 Å². The number of aromatic amines is 1. The molecule has 0 saturated heterocycles. The van der Waals surface area contributed by atoms with Crippen molar-refractivity contribution in [2.24, 2.45) is 5.41 Å². The number of aliphatic carboxylic acids is 2. The third-order valence-corrected chi connectivity index (χ3v) is 7.52. The van der Waals surface area contributed by atoms with E-state index in [1.54, 1.807) is 12.1 Å². The second kappa shape index (κ2) is 15.0. The van der Waals surface area contributed by atoms with Gasteiger partial charge in [-0.2, -0.15) is 4.98 Å². The van der Waals surface area contributed by atoms with E-state index in [1.165, 1.54) is 18.3 Å². The van der Waals surface area contributed by atoms with Crippen molar-refractivity contribution in [2.75, 3.05) is 23.8 Å². The van der Waals surface area contributed by atoms with Gasteiger partial charge in [-0.05, 0) is 56.4 Å². The highest BCUT2D eigenvalue weighted by Gasteiger charge is 2.50. The fourth-order valence-corrected chi connectivity index (χ4v) is 4.72. The van der Waals surface area contributed by atoms with Gasteiger partial charge in [0.05, 0.1) is 18.4 Å². The number of rotatable bonds is 16. The van der Waals surface area contributed by atoms with Gasteiger partial charge in [-0.15, -0.1) is 0 Å². The summed E-state index contributed by atoms with van der Waals surface area (Å²) in [6.45, 7) is 0.485. The number of aromatic nitrogens is 4. The minimum atomic E-state index is -1.35.